The van der Waals surface area contributed by atoms with Crippen LogP contribution < -0.4 is 10.9 Å². The van der Waals surface area contributed by atoms with E-state index in [1.807, 2.05) is 30.3 Å². The van der Waals surface area contributed by atoms with Crippen molar-refractivity contribution in [3.63, 3.8) is 0 Å². The van der Waals surface area contributed by atoms with Crippen LogP contribution in [0.1, 0.15) is 23.5 Å². The van der Waals surface area contributed by atoms with Crippen LogP contribution in [0.3, 0.4) is 0 Å². The molecule has 1 heterocycles. The second-order valence-electron chi connectivity index (χ2n) is 6.35. The van der Waals surface area contributed by atoms with Crippen LogP contribution in [0.4, 0.5) is 17.1 Å². The molecule has 0 saturated heterocycles. The molecule has 0 saturated carbocycles. The number of aromatic amines is 1. The summed E-state index contributed by atoms with van der Waals surface area (Å²) in [5.74, 6) is 0.401. The summed E-state index contributed by atoms with van der Waals surface area (Å²) in [4.78, 5) is 31.1. The zero-order chi connectivity index (χ0) is 19.9. The van der Waals surface area contributed by atoms with Gasteiger partial charge in [0.1, 0.15) is 5.82 Å². The zero-order valence-corrected chi connectivity index (χ0v) is 15.8. The summed E-state index contributed by atoms with van der Waals surface area (Å²) in [6, 6.07) is 16.5. The Hall–Kier alpha value is -3.61. The predicted octanol–water partition coefficient (Wildman–Crippen LogP) is 4.37. The summed E-state index contributed by atoms with van der Waals surface area (Å²) in [6.45, 7) is 3.51. The van der Waals surface area contributed by atoms with Crippen molar-refractivity contribution in [3.8, 4) is 0 Å². The lowest BCUT2D eigenvalue weighted by Gasteiger charge is -2.07. The molecule has 0 fully saturated rings. The highest BCUT2D eigenvalue weighted by atomic mass is 16.1. The number of anilines is 1. The van der Waals surface area contributed by atoms with Crippen molar-refractivity contribution in [3.05, 3.63) is 82.0 Å². The van der Waals surface area contributed by atoms with Crippen LogP contribution in [-0.4, -0.2) is 15.9 Å². The fraction of sp³-hybridized carbons (Fsp3) is 0.190. The normalized spacial score (nSPS) is 10.9. The van der Waals surface area contributed by atoms with Crippen LogP contribution in [0, 0.1) is 13.8 Å². The molecular weight excluding hydrogens is 354 g/mol. The molecule has 0 aliphatic carbocycles. The molecule has 0 atom stereocenters. The van der Waals surface area contributed by atoms with Gasteiger partial charge in [-0.15, -0.1) is 0 Å². The van der Waals surface area contributed by atoms with E-state index in [9.17, 15) is 9.59 Å². The lowest BCUT2D eigenvalue weighted by molar-refractivity contribution is -0.116. The molecule has 1 amide bonds. The maximum Gasteiger partial charge on any atom is 0.254 e. The standard InChI is InChI=1S/C21H21N5O2/c1-14-19(21(28)23-15(2)22-14)12-13-20(27)24-16-8-10-18(11-9-16)26-25-17-6-4-3-5-7-17/h3-11H,12-13H2,1-2H3,(H,24,27)(H,22,23,28). The van der Waals surface area contributed by atoms with Crippen LogP contribution in [-0.2, 0) is 11.2 Å². The Kier molecular flexibility index (Phi) is 6.06. The number of nitrogens with zero attached hydrogens (tertiary/aromatic N) is 3. The van der Waals surface area contributed by atoms with Gasteiger partial charge in [-0.25, -0.2) is 4.98 Å². The fourth-order valence-corrected chi connectivity index (χ4v) is 2.73. The summed E-state index contributed by atoms with van der Waals surface area (Å²) in [5.41, 5.74) is 3.13. The van der Waals surface area contributed by atoms with E-state index >= 15 is 0 Å². The fourth-order valence-electron chi connectivity index (χ4n) is 2.73. The minimum Gasteiger partial charge on any atom is -0.326 e. The summed E-state index contributed by atoms with van der Waals surface area (Å²) in [6.07, 6.45) is 0.535. The number of carbonyl (C=O) groups is 1. The monoisotopic (exact) mass is 375 g/mol. The number of rotatable bonds is 6. The van der Waals surface area contributed by atoms with E-state index < -0.39 is 0 Å². The van der Waals surface area contributed by atoms with Gasteiger partial charge >= 0.3 is 0 Å². The second-order valence-corrected chi connectivity index (χ2v) is 6.35. The number of nitrogens with one attached hydrogen (secondary N) is 2. The first-order chi connectivity index (χ1) is 13.5. The van der Waals surface area contributed by atoms with Crippen molar-refractivity contribution >= 4 is 23.0 Å². The Morgan fingerprint density at radius 3 is 2.29 bits per heavy atom. The van der Waals surface area contributed by atoms with Crippen LogP contribution in [0.15, 0.2) is 69.6 Å². The molecule has 1 aromatic heterocycles. The second kappa shape index (κ2) is 8.85. The molecule has 7 nitrogen and oxygen atoms in total. The molecule has 3 rings (SSSR count). The van der Waals surface area contributed by atoms with E-state index in [0.29, 0.717) is 34.9 Å². The molecule has 3 aromatic rings. The third kappa shape index (κ3) is 5.20. The number of amides is 1. The third-order valence-electron chi connectivity index (χ3n) is 4.13. The van der Waals surface area contributed by atoms with Crippen LogP contribution in [0.25, 0.3) is 0 Å². The van der Waals surface area contributed by atoms with Crippen molar-refractivity contribution < 1.29 is 4.79 Å². The van der Waals surface area contributed by atoms with E-state index in [4.69, 9.17) is 0 Å². The third-order valence-corrected chi connectivity index (χ3v) is 4.13. The van der Waals surface area contributed by atoms with Gasteiger partial charge < -0.3 is 10.3 Å². The SMILES string of the molecule is Cc1nc(C)c(CCC(=O)Nc2ccc(N=Nc3ccccc3)cc2)c(=O)[nH]1. The zero-order valence-electron chi connectivity index (χ0n) is 15.8. The van der Waals surface area contributed by atoms with E-state index in [2.05, 4.69) is 25.5 Å². The van der Waals surface area contributed by atoms with Gasteiger partial charge in [0.2, 0.25) is 5.91 Å². The minimum atomic E-state index is -0.189. The summed E-state index contributed by atoms with van der Waals surface area (Å²) >= 11 is 0. The number of hydrogen-bond donors (Lipinski definition) is 2. The van der Waals surface area contributed by atoms with Crippen molar-refractivity contribution in [1.82, 2.24) is 9.97 Å². The number of azo groups is 1. The van der Waals surface area contributed by atoms with Gasteiger partial charge in [0.05, 0.1) is 11.4 Å². The van der Waals surface area contributed by atoms with E-state index in [0.717, 1.165) is 5.69 Å². The smallest absolute Gasteiger partial charge is 0.254 e. The molecule has 0 bridgehead atoms. The maximum absolute atomic E-state index is 12.2. The Bertz CT molecular complexity index is 1040. The number of hydrogen-bond acceptors (Lipinski definition) is 5. The van der Waals surface area contributed by atoms with Gasteiger partial charge in [-0.3, -0.25) is 9.59 Å². The molecule has 0 aliphatic rings. The number of benzene rings is 2. The molecule has 2 aromatic carbocycles. The van der Waals surface area contributed by atoms with Crippen LogP contribution in [0.2, 0.25) is 0 Å². The lowest BCUT2D eigenvalue weighted by atomic mass is 10.1. The van der Waals surface area contributed by atoms with Gasteiger partial charge in [-0.05, 0) is 56.7 Å². The van der Waals surface area contributed by atoms with Gasteiger partial charge in [0.15, 0.2) is 0 Å². The van der Waals surface area contributed by atoms with Crippen molar-refractivity contribution in [1.29, 1.82) is 0 Å². The lowest BCUT2D eigenvalue weighted by Crippen LogP contribution is -2.20. The first-order valence-corrected chi connectivity index (χ1v) is 8.94. The van der Waals surface area contributed by atoms with E-state index in [1.165, 1.54) is 0 Å². The van der Waals surface area contributed by atoms with Crippen molar-refractivity contribution in [2.24, 2.45) is 10.2 Å². The maximum atomic E-state index is 12.2. The first kappa shape index (κ1) is 19.2. The molecule has 2 N–H and O–H groups in total. The average Bonchev–Trinajstić information content (AvgIpc) is 2.67. The van der Waals surface area contributed by atoms with Gasteiger partial charge in [0, 0.05) is 23.4 Å². The molecule has 0 aliphatic heterocycles. The molecule has 28 heavy (non-hydrogen) atoms. The Morgan fingerprint density at radius 2 is 1.64 bits per heavy atom. The van der Waals surface area contributed by atoms with Crippen LogP contribution in [0.5, 0.6) is 0 Å². The topological polar surface area (TPSA) is 99.6 Å². The predicted molar refractivity (Wildman–Crippen MR) is 108 cm³/mol. The summed E-state index contributed by atoms with van der Waals surface area (Å²) in [7, 11) is 0. The molecule has 0 radical (unpaired) electrons. The van der Waals surface area contributed by atoms with Crippen LogP contribution >= 0.6 is 0 Å². The molecule has 0 spiro atoms. The van der Waals surface area contributed by atoms with Gasteiger partial charge in [-0.1, -0.05) is 18.2 Å². The Balaban J connectivity index is 1.56. The number of H-pyrrole nitrogens is 1. The highest BCUT2D eigenvalue weighted by Gasteiger charge is 2.10. The number of aryl methyl sites for hydroxylation is 2. The molecular formula is C21H21N5O2. The average molecular weight is 375 g/mol. The van der Waals surface area contributed by atoms with E-state index in [1.54, 1.807) is 38.1 Å². The number of aromatic nitrogens is 2. The van der Waals surface area contributed by atoms with Gasteiger partial charge in [-0.2, -0.15) is 10.2 Å². The van der Waals surface area contributed by atoms with Gasteiger partial charge in [0.25, 0.3) is 5.56 Å². The largest absolute Gasteiger partial charge is 0.326 e. The van der Waals surface area contributed by atoms with Crippen molar-refractivity contribution in [2.45, 2.75) is 26.7 Å². The first-order valence-electron chi connectivity index (χ1n) is 8.94. The molecule has 142 valence electrons. The van der Waals surface area contributed by atoms with E-state index in [-0.39, 0.29) is 17.9 Å². The summed E-state index contributed by atoms with van der Waals surface area (Å²) in [5, 5.41) is 11.1. The Morgan fingerprint density at radius 1 is 1.00 bits per heavy atom. The van der Waals surface area contributed by atoms with Crippen molar-refractivity contribution in [2.75, 3.05) is 5.32 Å². The summed E-state index contributed by atoms with van der Waals surface area (Å²) < 4.78 is 0. The minimum absolute atomic E-state index is 0.168. The number of carbonyl (C=O) groups excluding carboxylic acids is 1. The molecule has 7 heteroatoms. The Labute approximate surface area is 162 Å². The molecule has 0 unspecified atom stereocenters. The highest BCUT2D eigenvalue weighted by Crippen LogP contribution is 2.20. The quantitative estimate of drug-likeness (QED) is 0.626. The highest BCUT2D eigenvalue weighted by molar-refractivity contribution is 5.90.